The highest BCUT2D eigenvalue weighted by Gasteiger charge is 2.17. The second-order valence-corrected chi connectivity index (χ2v) is 10.0. The number of benzene rings is 7. The Morgan fingerprint density at radius 3 is 1.24 bits per heavy atom. The molecule has 1 nitrogen and oxygen atoms in total. The van der Waals surface area contributed by atoms with Gasteiger partial charge in [0, 0.05) is 11.1 Å². The van der Waals surface area contributed by atoms with E-state index in [2.05, 4.69) is 97.1 Å². The third-order valence-electron chi connectivity index (χ3n) is 8.00. The van der Waals surface area contributed by atoms with Gasteiger partial charge < -0.3 is 0 Å². The van der Waals surface area contributed by atoms with Gasteiger partial charge in [0.25, 0.3) is 0 Å². The summed E-state index contributed by atoms with van der Waals surface area (Å²) in [5.41, 5.74) is 1.42. The van der Waals surface area contributed by atoms with Crippen LogP contribution in [0.2, 0.25) is 0 Å². The molecule has 8 aromatic rings. The summed E-state index contributed by atoms with van der Waals surface area (Å²) in [6.45, 7) is 0. The van der Waals surface area contributed by atoms with Crippen molar-refractivity contribution in [3.63, 3.8) is 0 Å². The van der Waals surface area contributed by atoms with Gasteiger partial charge in [-0.15, -0.1) is 0 Å². The second-order valence-electron chi connectivity index (χ2n) is 10.0. The molecule has 0 aliphatic carbocycles. The molecule has 8 rings (SSSR count). The van der Waals surface area contributed by atoms with Crippen molar-refractivity contribution in [2.45, 2.75) is 0 Å². The molecule has 176 valence electrons. The maximum Gasteiger partial charge on any atom is 0.193 e. The zero-order chi connectivity index (χ0) is 25.2. The van der Waals surface area contributed by atoms with Gasteiger partial charge >= 0.3 is 0 Å². The summed E-state index contributed by atoms with van der Waals surface area (Å²) in [4.78, 5) is 13.4. The fraction of sp³-hybridized carbons (Fsp3) is 0. The number of fused-ring (bicyclic) bond motifs is 8. The summed E-state index contributed by atoms with van der Waals surface area (Å²) in [7, 11) is 0. The molecule has 0 unspecified atom stereocenters. The Bertz CT molecular complexity index is 2240. The van der Waals surface area contributed by atoms with Crippen molar-refractivity contribution in [3.05, 3.63) is 145 Å². The molecular weight excluding hydrogens is 460 g/mol. The summed E-state index contributed by atoms with van der Waals surface area (Å²) in [6.07, 6.45) is 0. The standard InChI is InChI=1S/C37H22O/c38-37(23-10-2-1-3-11-23)24-20-21-29-32-18-8-16-30-27-14-6-4-12-25(27)26-13-5-7-15-28(26)31-17-9-19-33(34(29)22-24)36(31)35(30)32/h1-22H. The molecule has 0 saturated heterocycles. The summed E-state index contributed by atoms with van der Waals surface area (Å²) < 4.78 is 0. The molecule has 0 aliphatic heterocycles. The SMILES string of the molecule is O=C(c1ccccc1)c1ccc2c(c1)c1cccc3c4ccccc4c4ccccc4c4cccc2c4c31. The molecule has 1 heteroatoms. The zero-order valence-corrected chi connectivity index (χ0v) is 20.6. The number of carbonyl (C=O) groups is 1. The molecule has 0 amide bonds. The quantitative estimate of drug-likeness (QED) is 0.177. The van der Waals surface area contributed by atoms with E-state index in [1.165, 1.54) is 59.2 Å². The predicted octanol–water partition coefficient (Wildman–Crippen LogP) is 9.84. The van der Waals surface area contributed by atoms with Crippen LogP contribution in [0, 0.1) is 0 Å². The lowest BCUT2D eigenvalue weighted by Crippen LogP contribution is -2.01. The van der Waals surface area contributed by atoms with E-state index in [1.807, 2.05) is 36.4 Å². The molecule has 0 N–H and O–H groups in total. The second kappa shape index (κ2) is 7.99. The van der Waals surface area contributed by atoms with Gasteiger partial charge in [0.05, 0.1) is 0 Å². The highest BCUT2D eigenvalue weighted by molar-refractivity contribution is 6.39. The molecule has 0 fully saturated rings. The number of rotatable bonds is 2. The fourth-order valence-electron chi connectivity index (χ4n) is 6.35. The van der Waals surface area contributed by atoms with E-state index in [9.17, 15) is 4.79 Å². The summed E-state index contributed by atoms with van der Waals surface area (Å²) in [5, 5.41) is 14.6. The first-order valence-corrected chi connectivity index (χ1v) is 13.0. The molecule has 38 heavy (non-hydrogen) atoms. The van der Waals surface area contributed by atoms with E-state index in [0.29, 0.717) is 11.1 Å². The van der Waals surface area contributed by atoms with E-state index >= 15 is 0 Å². The topological polar surface area (TPSA) is 17.1 Å². The number of ketones is 1. The highest BCUT2D eigenvalue weighted by atomic mass is 16.1. The summed E-state index contributed by atoms with van der Waals surface area (Å²) >= 11 is 0. The van der Waals surface area contributed by atoms with Gasteiger partial charge in [0.2, 0.25) is 0 Å². The molecule has 0 aromatic heterocycles. The van der Waals surface area contributed by atoms with Crippen LogP contribution in [-0.2, 0) is 0 Å². The van der Waals surface area contributed by atoms with Gasteiger partial charge in [-0.2, -0.15) is 0 Å². The Kier molecular flexibility index (Phi) is 4.44. The lowest BCUT2D eigenvalue weighted by molar-refractivity contribution is 0.103. The summed E-state index contributed by atoms with van der Waals surface area (Å²) in [6, 6.07) is 46.5. The maximum absolute atomic E-state index is 13.4. The van der Waals surface area contributed by atoms with Crippen molar-refractivity contribution in [1.82, 2.24) is 0 Å². The van der Waals surface area contributed by atoms with Gasteiger partial charge in [0.1, 0.15) is 0 Å². The Morgan fingerprint density at radius 2 is 0.711 bits per heavy atom. The molecule has 8 aromatic carbocycles. The van der Waals surface area contributed by atoms with Crippen LogP contribution in [-0.4, -0.2) is 5.78 Å². The van der Waals surface area contributed by atoms with Crippen molar-refractivity contribution >= 4 is 70.4 Å². The van der Waals surface area contributed by atoms with E-state index in [-0.39, 0.29) is 5.78 Å². The first-order valence-electron chi connectivity index (χ1n) is 13.0. The van der Waals surface area contributed by atoms with Crippen LogP contribution in [0.5, 0.6) is 0 Å². The van der Waals surface area contributed by atoms with Gasteiger partial charge in [-0.25, -0.2) is 0 Å². The smallest absolute Gasteiger partial charge is 0.193 e. The van der Waals surface area contributed by atoms with Gasteiger partial charge in [-0.3, -0.25) is 4.79 Å². The average molecular weight is 483 g/mol. The van der Waals surface area contributed by atoms with Crippen molar-refractivity contribution in [2.24, 2.45) is 0 Å². The molecule has 0 atom stereocenters. The van der Waals surface area contributed by atoms with Gasteiger partial charge in [0.15, 0.2) is 5.78 Å². The predicted molar refractivity (Wildman–Crippen MR) is 161 cm³/mol. The lowest BCUT2D eigenvalue weighted by atomic mass is 9.86. The van der Waals surface area contributed by atoms with Gasteiger partial charge in [-0.1, -0.05) is 127 Å². The van der Waals surface area contributed by atoms with Crippen LogP contribution in [0.3, 0.4) is 0 Å². The Balaban J connectivity index is 1.64. The van der Waals surface area contributed by atoms with Crippen LogP contribution < -0.4 is 0 Å². The number of hydrogen-bond acceptors (Lipinski definition) is 1. The van der Waals surface area contributed by atoms with Crippen LogP contribution >= 0.6 is 0 Å². The number of carbonyl (C=O) groups excluding carboxylic acids is 1. The van der Waals surface area contributed by atoms with Crippen LogP contribution in [0.25, 0.3) is 64.6 Å². The summed E-state index contributed by atoms with van der Waals surface area (Å²) in [5.74, 6) is 0.0473. The van der Waals surface area contributed by atoms with Gasteiger partial charge in [-0.05, 0) is 70.7 Å². The minimum absolute atomic E-state index is 0.0473. The van der Waals surface area contributed by atoms with Crippen LogP contribution in [0.1, 0.15) is 15.9 Å². The van der Waals surface area contributed by atoms with Crippen LogP contribution in [0.4, 0.5) is 0 Å². The lowest BCUT2D eigenvalue weighted by Gasteiger charge is -2.16. The van der Waals surface area contributed by atoms with E-state index in [1.54, 1.807) is 0 Å². The fourth-order valence-corrected chi connectivity index (χ4v) is 6.35. The van der Waals surface area contributed by atoms with Crippen LogP contribution in [0.15, 0.2) is 133 Å². The van der Waals surface area contributed by atoms with Crippen molar-refractivity contribution in [3.8, 4) is 0 Å². The van der Waals surface area contributed by atoms with E-state index in [0.717, 1.165) is 5.39 Å². The molecule has 0 heterocycles. The normalized spacial score (nSPS) is 11.8. The first kappa shape index (κ1) is 21.1. The van der Waals surface area contributed by atoms with Crippen molar-refractivity contribution in [2.75, 3.05) is 0 Å². The number of hydrogen-bond donors (Lipinski definition) is 0. The maximum atomic E-state index is 13.4. The molecule has 0 spiro atoms. The molecule has 0 radical (unpaired) electrons. The zero-order valence-electron chi connectivity index (χ0n) is 20.6. The average Bonchev–Trinajstić information content (AvgIpc) is 2.99. The third-order valence-corrected chi connectivity index (χ3v) is 8.00. The first-order chi connectivity index (χ1) is 18.8. The van der Waals surface area contributed by atoms with Crippen molar-refractivity contribution < 1.29 is 4.79 Å². The minimum atomic E-state index is 0.0473. The molecule has 0 bridgehead atoms. The van der Waals surface area contributed by atoms with E-state index < -0.39 is 0 Å². The molecule has 0 saturated carbocycles. The van der Waals surface area contributed by atoms with Crippen molar-refractivity contribution in [1.29, 1.82) is 0 Å². The Hall–Kier alpha value is -5.01. The monoisotopic (exact) mass is 482 g/mol. The minimum Gasteiger partial charge on any atom is -0.289 e. The third kappa shape index (κ3) is 2.90. The highest BCUT2D eigenvalue weighted by Crippen LogP contribution is 2.44. The molecule has 0 aliphatic rings. The molecular formula is C37H22O. The Labute approximate surface area is 219 Å². The largest absolute Gasteiger partial charge is 0.289 e. The van der Waals surface area contributed by atoms with E-state index in [4.69, 9.17) is 0 Å². The Morgan fingerprint density at radius 1 is 0.316 bits per heavy atom.